The van der Waals surface area contributed by atoms with E-state index in [-0.39, 0.29) is 52.2 Å². The van der Waals surface area contributed by atoms with Crippen LogP contribution in [0.2, 0.25) is 0 Å². The van der Waals surface area contributed by atoms with Crippen molar-refractivity contribution in [1.29, 1.82) is 0 Å². The number of rotatable bonds is 5. The third-order valence-electron chi connectivity index (χ3n) is 5.72. The first-order valence-corrected chi connectivity index (χ1v) is 10.4. The van der Waals surface area contributed by atoms with Gasteiger partial charge in [-0.1, -0.05) is 14.9 Å². The molecule has 202 valence electrons. The van der Waals surface area contributed by atoms with E-state index in [1.54, 1.807) is 32.7 Å². The van der Waals surface area contributed by atoms with Gasteiger partial charge < -0.3 is 25.4 Å². The van der Waals surface area contributed by atoms with Crippen LogP contribution in [0.25, 0.3) is 0 Å². The normalized spacial score (nSPS) is 20.9. The summed E-state index contributed by atoms with van der Waals surface area (Å²) < 4.78 is 43.5. The Balaban J connectivity index is 0.00000216. The Kier molecular flexibility index (Phi) is 9.61. The van der Waals surface area contributed by atoms with E-state index >= 15 is 0 Å². The van der Waals surface area contributed by atoms with Crippen LogP contribution in [0.3, 0.4) is 0 Å². The van der Waals surface area contributed by atoms with Gasteiger partial charge in [0, 0.05) is 25.9 Å². The summed E-state index contributed by atoms with van der Waals surface area (Å²) in [6, 6.07) is 1.36. The molecule has 2 aliphatic rings. The summed E-state index contributed by atoms with van der Waals surface area (Å²) in [5.74, 6) is 0.826. The molecule has 3 heterocycles. The van der Waals surface area contributed by atoms with Gasteiger partial charge in [-0.2, -0.15) is 31.7 Å². The number of aliphatic hydroxyl groups is 1. The largest absolute Gasteiger partial charge is 0.489 e. The van der Waals surface area contributed by atoms with E-state index in [1.165, 1.54) is 6.07 Å². The first-order chi connectivity index (χ1) is 15.3. The second-order valence-electron chi connectivity index (χ2n) is 8.92. The van der Waals surface area contributed by atoms with Gasteiger partial charge in [0.15, 0.2) is 5.82 Å². The minimum atomic E-state index is -4.49. The lowest BCUT2D eigenvalue weighted by molar-refractivity contribution is -0.141. The van der Waals surface area contributed by atoms with Gasteiger partial charge in [-0.25, -0.2) is 9.97 Å². The fourth-order valence-corrected chi connectivity index (χ4v) is 4.08. The van der Waals surface area contributed by atoms with Crippen LogP contribution >= 0.6 is 13.5 Å². The summed E-state index contributed by atoms with van der Waals surface area (Å²) in [4.78, 5) is 26.5. The van der Waals surface area contributed by atoms with Gasteiger partial charge >= 0.3 is 6.18 Å². The molecule has 1 amide bonds. The molecule has 9 nitrogen and oxygen atoms in total. The molecule has 36 heavy (non-hydrogen) atoms. The minimum absolute atomic E-state index is 0. The molecule has 2 aromatic heterocycles. The zero-order valence-corrected chi connectivity index (χ0v) is 20.1. The lowest BCUT2D eigenvalue weighted by atomic mass is 9.89. The Morgan fingerprint density at radius 2 is 1.83 bits per heavy atom. The highest BCUT2D eigenvalue weighted by molar-refractivity contribution is 7.59. The van der Waals surface area contributed by atoms with E-state index < -0.39 is 23.5 Å². The number of halogens is 3. The maximum absolute atomic E-state index is 12.6. The Labute approximate surface area is 216 Å². The number of nitrogens with zero attached hydrogens (tertiary/aromatic N) is 4. The Bertz CT molecular complexity index is 1060. The molecule has 0 bridgehead atoms. The number of nitrogens with one attached hydrogen (secondary N) is 2. The zero-order chi connectivity index (χ0) is 24.1. The number of amides is 1. The molecule has 0 unspecified atom stereocenters. The molecule has 3 N–H and O–H groups in total. The van der Waals surface area contributed by atoms with Gasteiger partial charge in [0.2, 0.25) is 11.9 Å². The van der Waals surface area contributed by atoms with Crippen molar-refractivity contribution >= 4 is 36.9 Å². The third kappa shape index (κ3) is 6.30. The number of aromatic nitrogens is 3. The van der Waals surface area contributed by atoms with E-state index in [0.29, 0.717) is 36.0 Å². The molecular weight excluding hydrogens is 497 g/mol. The van der Waals surface area contributed by atoms with Crippen LogP contribution in [0, 0.1) is 6.92 Å². The molecule has 1 saturated carbocycles. The van der Waals surface area contributed by atoms with Crippen LogP contribution in [-0.2, 0) is 11.0 Å². The molecule has 0 aromatic carbocycles. The SMILES string of the molecule is C.C.Cc1nc(NC2CC(Oc3ccc(C(F)(F)F)nc3)C2)nc2c1NC(=O)[C@H](C(C)(C)O)N2C.S. The van der Waals surface area contributed by atoms with Crippen molar-refractivity contribution in [2.75, 3.05) is 22.6 Å². The van der Waals surface area contributed by atoms with Crippen LogP contribution in [-0.4, -0.2) is 56.8 Å². The van der Waals surface area contributed by atoms with Gasteiger partial charge in [0.05, 0.1) is 17.5 Å². The maximum atomic E-state index is 12.6. The van der Waals surface area contributed by atoms with E-state index in [1.807, 2.05) is 0 Å². The molecular formula is C23H35F3N6O3S. The van der Waals surface area contributed by atoms with Crippen LogP contribution in [0.1, 0.15) is 52.9 Å². The molecule has 1 fully saturated rings. The summed E-state index contributed by atoms with van der Waals surface area (Å²) in [7, 11) is 1.70. The van der Waals surface area contributed by atoms with Gasteiger partial charge in [-0.05, 0) is 32.9 Å². The second kappa shape index (κ2) is 11.1. The number of hydrogen-bond acceptors (Lipinski definition) is 8. The monoisotopic (exact) mass is 532 g/mol. The maximum Gasteiger partial charge on any atom is 0.433 e. The number of carbonyl (C=O) groups excluding carboxylic acids is 1. The number of likely N-dealkylation sites (N-methyl/N-ethyl adjacent to an activating group) is 1. The minimum Gasteiger partial charge on any atom is -0.489 e. The molecule has 0 saturated heterocycles. The number of ether oxygens (including phenoxy) is 1. The number of aryl methyl sites for hydroxylation is 1. The van der Waals surface area contributed by atoms with Crippen LogP contribution in [0.4, 0.5) is 30.6 Å². The van der Waals surface area contributed by atoms with Crippen molar-refractivity contribution in [3.63, 3.8) is 0 Å². The Hall–Kier alpha value is -2.80. The first kappa shape index (κ1) is 31.2. The van der Waals surface area contributed by atoms with E-state index in [4.69, 9.17) is 4.74 Å². The highest BCUT2D eigenvalue weighted by Gasteiger charge is 2.42. The van der Waals surface area contributed by atoms with Gasteiger partial charge in [-0.3, -0.25) is 4.79 Å². The lowest BCUT2D eigenvalue weighted by Gasteiger charge is -2.41. The van der Waals surface area contributed by atoms with E-state index in [2.05, 4.69) is 25.6 Å². The molecule has 13 heteroatoms. The molecule has 2 aromatic rings. The fourth-order valence-electron chi connectivity index (χ4n) is 4.08. The Morgan fingerprint density at radius 3 is 2.36 bits per heavy atom. The number of pyridine rings is 1. The fraction of sp³-hybridized carbons (Fsp3) is 0.565. The number of anilines is 3. The van der Waals surface area contributed by atoms with Gasteiger partial charge in [0.1, 0.15) is 29.3 Å². The molecule has 1 aliphatic heterocycles. The van der Waals surface area contributed by atoms with Crippen molar-refractivity contribution in [3.8, 4) is 5.75 Å². The smallest absolute Gasteiger partial charge is 0.433 e. The average molecular weight is 533 g/mol. The topological polar surface area (TPSA) is 112 Å². The number of hydrogen-bond donors (Lipinski definition) is 3. The van der Waals surface area contributed by atoms with Gasteiger partial charge in [-0.15, -0.1) is 0 Å². The van der Waals surface area contributed by atoms with Crippen molar-refractivity contribution < 1.29 is 27.8 Å². The van der Waals surface area contributed by atoms with Crippen LogP contribution < -0.4 is 20.3 Å². The number of carbonyl (C=O) groups is 1. The summed E-state index contributed by atoms with van der Waals surface area (Å²) >= 11 is 0. The summed E-state index contributed by atoms with van der Waals surface area (Å²) in [5.41, 5.74) is -1.16. The summed E-state index contributed by atoms with van der Waals surface area (Å²) in [6.45, 7) is 4.88. The third-order valence-corrected chi connectivity index (χ3v) is 5.72. The summed E-state index contributed by atoms with van der Waals surface area (Å²) in [6.07, 6.45) is -2.36. The summed E-state index contributed by atoms with van der Waals surface area (Å²) in [5, 5.41) is 16.4. The molecule has 1 atom stereocenters. The molecule has 4 rings (SSSR count). The highest BCUT2D eigenvalue weighted by atomic mass is 32.1. The average Bonchev–Trinajstić information content (AvgIpc) is 2.66. The van der Waals surface area contributed by atoms with Crippen molar-refractivity contribution in [2.24, 2.45) is 0 Å². The standard InChI is InChI=1S/C21H25F3N6O3.2CH4.H2S/c1-10-15-17(30(4)16(18(31)28-15)20(2,3)32)29-19(26-10)27-11-7-13(8-11)33-12-5-6-14(25-9-12)21(22,23)24;;;/h5-6,9,11,13,16,32H,7-8H2,1-4H3,(H,28,31)(H,26,27,29);2*1H4;1H2/t11?,13?,16-;;;/m1.../s1. The number of fused-ring (bicyclic) bond motifs is 1. The Morgan fingerprint density at radius 1 is 1.19 bits per heavy atom. The van der Waals surface area contributed by atoms with Gasteiger partial charge in [0.25, 0.3) is 0 Å². The predicted octanol–water partition coefficient (Wildman–Crippen LogP) is 4.13. The lowest BCUT2D eigenvalue weighted by Crippen LogP contribution is -2.57. The highest BCUT2D eigenvalue weighted by Crippen LogP contribution is 2.36. The first-order valence-electron chi connectivity index (χ1n) is 10.4. The van der Waals surface area contributed by atoms with E-state index in [0.717, 1.165) is 12.3 Å². The van der Waals surface area contributed by atoms with Crippen LogP contribution in [0.15, 0.2) is 18.3 Å². The van der Waals surface area contributed by atoms with Crippen molar-refractivity contribution in [3.05, 3.63) is 29.7 Å². The van der Waals surface area contributed by atoms with Crippen molar-refractivity contribution in [1.82, 2.24) is 15.0 Å². The quantitative estimate of drug-likeness (QED) is 0.527. The molecule has 0 radical (unpaired) electrons. The van der Waals surface area contributed by atoms with E-state index in [9.17, 15) is 23.1 Å². The van der Waals surface area contributed by atoms with Crippen LogP contribution in [0.5, 0.6) is 5.75 Å². The second-order valence-corrected chi connectivity index (χ2v) is 8.92. The molecule has 1 aliphatic carbocycles. The predicted molar refractivity (Wildman–Crippen MR) is 138 cm³/mol. The van der Waals surface area contributed by atoms with Crippen molar-refractivity contribution in [2.45, 2.75) is 78.4 Å². The zero-order valence-electron chi connectivity index (χ0n) is 19.1. The molecule has 0 spiro atoms. The number of alkyl halides is 3.